The summed E-state index contributed by atoms with van der Waals surface area (Å²) in [6, 6.07) is 9.63. The van der Waals surface area contributed by atoms with Gasteiger partial charge in [0.25, 0.3) is 0 Å². The Balaban J connectivity index is 2.10. The summed E-state index contributed by atoms with van der Waals surface area (Å²) in [4.78, 5) is 0. The number of fused-ring (bicyclic) bond motifs is 1. The molecule has 0 aliphatic rings. The second kappa shape index (κ2) is 5.08. The van der Waals surface area contributed by atoms with Gasteiger partial charge in [0, 0.05) is 15.6 Å². The van der Waals surface area contributed by atoms with Gasteiger partial charge in [-0.25, -0.2) is 4.68 Å². The van der Waals surface area contributed by atoms with E-state index < -0.39 is 0 Å². The maximum atomic E-state index is 6.21. The van der Waals surface area contributed by atoms with Crippen molar-refractivity contribution in [2.75, 3.05) is 0 Å². The predicted molar refractivity (Wildman–Crippen MR) is 82.6 cm³/mol. The fraction of sp³-hybridized carbons (Fsp3) is 0.200. The molecule has 0 fully saturated rings. The maximum Gasteiger partial charge on any atom is 0.113 e. The molecule has 0 atom stereocenters. The molecule has 0 unspecified atom stereocenters. The molecule has 0 saturated carbocycles. The quantitative estimate of drug-likeness (QED) is 0.702. The number of nitrogens with zero attached hydrogens (tertiary/aromatic N) is 3. The van der Waals surface area contributed by atoms with Gasteiger partial charge in [-0.05, 0) is 49.2 Å². The molecule has 2 aromatic carbocycles. The molecule has 0 spiro atoms. The van der Waals surface area contributed by atoms with Gasteiger partial charge in [0.2, 0.25) is 0 Å². The van der Waals surface area contributed by atoms with E-state index in [-0.39, 0.29) is 0 Å². The molecule has 20 heavy (non-hydrogen) atoms. The molecular weight excluding hydrogens is 293 g/mol. The molecule has 102 valence electrons. The zero-order chi connectivity index (χ0) is 14.3. The summed E-state index contributed by atoms with van der Waals surface area (Å²) < 4.78 is 1.83. The Morgan fingerprint density at radius 1 is 1.05 bits per heavy atom. The third-order valence-corrected chi connectivity index (χ3v) is 4.21. The first kappa shape index (κ1) is 13.4. The van der Waals surface area contributed by atoms with E-state index in [9.17, 15) is 0 Å². The number of hydrogen-bond acceptors (Lipinski definition) is 2. The zero-order valence-electron chi connectivity index (χ0n) is 11.2. The van der Waals surface area contributed by atoms with Crippen molar-refractivity contribution < 1.29 is 0 Å². The van der Waals surface area contributed by atoms with Crippen LogP contribution in [0.2, 0.25) is 10.0 Å². The Bertz CT molecular complexity index is 773. The Labute approximate surface area is 127 Å². The molecule has 0 bridgehead atoms. The van der Waals surface area contributed by atoms with Crippen LogP contribution in [0.1, 0.15) is 16.7 Å². The average Bonchev–Trinajstić information content (AvgIpc) is 2.77. The van der Waals surface area contributed by atoms with Gasteiger partial charge in [-0.1, -0.05) is 34.5 Å². The minimum absolute atomic E-state index is 0.511. The van der Waals surface area contributed by atoms with Crippen molar-refractivity contribution in [3.8, 4) is 0 Å². The molecule has 1 heterocycles. The Hall–Kier alpha value is -1.58. The van der Waals surface area contributed by atoms with Crippen LogP contribution in [0.4, 0.5) is 0 Å². The van der Waals surface area contributed by atoms with Crippen molar-refractivity contribution in [2.24, 2.45) is 0 Å². The Morgan fingerprint density at radius 3 is 2.40 bits per heavy atom. The van der Waals surface area contributed by atoms with Gasteiger partial charge in [-0.3, -0.25) is 0 Å². The lowest BCUT2D eigenvalue weighted by molar-refractivity contribution is 0.670. The van der Waals surface area contributed by atoms with Crippen molar-refractivity contribution in [1.29, 1.82) is 0 Å². The number of hydrogen-bond donors (Lipinski definition) is 0. The number of halogens is 2. The van der Waals surface area contributed by atoms with E-state index in [1.807, 2.05) is 28.9 Å². The Morgan fingerprint density at radius 2 is 1.70 bits per heavy atom. The fourth-order valence-corrected chi connectivity index (χ4v) is 2.69. The van der Waals surface area contributed by atoms with E-state index in [0.29, 0.717) is 16.6 Å². The van der Waals surface area contributed by atoms with Crippen molar-refractivity contribution >= 4 is 34.2 Å². The summed E-state index contributed by atoms with van der Waals surface area (Å²) in [5, 5.41) is 9.69. The molecule has 5 heteroatoms. The first-order valence-electron chi connectivity index (χ1n) is 6.29. The monoisotopic (exact) mass is 305 g/mol. The SMILES string of the molecule is Cc1cc2nnn(Cc3c(Cl)cccc3Cl)c2cc1C. The molecular formula is C15H13Cl2N3. The minimum Gasteiger partial charge on any atom is -0.240 e. The van der Waals surface area contributed by atoms with Crippen molar-refractivity contribution in [3.05, 3.63) is 57.1 Å². The van der Waals surface area contributed by atoms with E-state index in [1.54, 1.807) is 0 Å². The van der Waals surface area contributed by atoms with Gasteiger partial charge in [0.05, 0.1) is 12.1 Å². The van der Waals surface area contributed by atoms with E-state index >= 15 is 0 Å². The van der Waals surface area contributed by atoms with Gasteiger partial charge in [-0.15, -0.1) is 5.10 Å². The second-order valence-corrected chi connectivity index (χ2v) is 5.69. The zero-order valence-corrected chi connectivity index (χ0v) is 12.7. The molecule has 0 aliphatic carbocycles. The highest BCUT2D eigenvalue weighted by atomic mass is 35.5. The van der Waals surface area contributed by atoms with Gasteiger partial charge in [0.1, 0.15) is 5.52 Å². The largest absolute Gasteiger partial charge is 0.240 e. The van der Waals surface area contributed by atoms with Gasteiger partial charge >= 0.3 is 0 Å². The highest BCUT2D eigenvalue weighted by Crippen LogP contribution is 2.26. The van der Waals surface area contributed by atoms with E-state index in [1.165, 1.54) is 11.1 Å². The molecule has 0 saturated heterocycles. The van der Waals surface area contributed by atoms with Crippen molar-refractivity contribution in [1.82, 2.24) is 15.0 Å². The first-order valence-corrected chi connectivity index (χ1v) is 7.05. The minimum atomic E-state index is 0.511. The molecule has 0 aliphatic heterocycles. The van der Waals surface area contributed by atoms with Gasteiger partial charge in [0.15, 0.2) is 0 Å². The fourth-order valence-electron chi connectivity index (χ4n) is 2.17. The van der Waals surface area contributed by atoms with Crippen molar-refractivity contribution in [2.45, 2.75) is 20.4 Å². The van der Waals surface area contributed by atoms with Gasteiger partial charge < -0.3 is 0 Å². The van der Waals surface area contributed by atoms with Crippen LogP contribution in [0.5, 0.6) is 0 Å². The molecule has 3 nitrogen and oxygen atoms in total. The smallest absolute Gasteiger partial charge is 0.113 e. The lowest BCUT2D eigenvalue weighted by Gasteiger charge is -2.08. The molecule has 3 aromatic rings. The van der Waals surface area contributed by atoms with E-state index in [0.717, 1.165) is 16.6 Å². The number of benzene rings is 2. The second-order valence-electron chi connectivity index (χ2n) is 4.87. The summed E-state index contributed by atoms with van der Waals surface area (Å²) in [6.07, 6.45) is 0. The normalized spacial score (nSPS) is 11.2. The van der Waals surface area contributed by atoms with Crippen molar-refractivity contribution in [3.63, 3.8) is 0 Å². The first-order chi connectivity index (χ1) is 9.56. The summed E-state index contributed by atoms with van der Waals surface area (Å²) in [5.74, 6) is 0. The van der Waals surface area contributed by atoms with Crippen LogP contribution in [-0.4, -0.2) is 15.0 Å². The molecule has 0 N–H and O–H groups in total. The number of aryl methyl sites for hydroxylation is 2. The van der Waals surface area contributed by atoms with Crippen LogP contribution < -0.4 is 0 Å². The van der Waals surface area contributed by atoms with Crippen LogP contribution in [0.15, 0.2) is 30.3 Å². The number of rotatable bonds is 2. The van der Waals surface area contributed by atoms with Crippen LogP contribution in [-0.2, 0) is 6.54 Å². The standard InChI is InChI=1S/C15H13Cl2N3/c1-9-6-14-15(7-10(9)2)20(19-18-14)8-11-12(16)4-3-5-13(11)17/h3-7H,8H2,1-2H3. The average molecular weight is 306 g/mol. The maximum absolute atomic E-state index is 6.21. The highest BCUT2D eigenvalue weighted by Gasteiger charge is 2.11. The third-order valence-electron chi connectivity index (χ3n) is 3.50. The van der Waals surface area contributed by atoms with Gasteiger partial charge in [-0.2, -0.15) is 0 Å². The highest BCUT2D eigenvalue weighted by molar-refractivity contribution is 6.35. The molecule has 1 aromatic heterocycles. The summed E-state index contributed by atoms with van der Waals surface area (Å²) in [7, 11) is 0. The molecule has 3 rings (SSSR count). The van der Waals surface area contributed by atoms with Crippen LogP contribution in [0.25, 0.3) is 11.0 Å². The lowest BCUT2D eigenvalue weighted by atomic mass is 10.1. The molecule has 0 radical (unpaired) electrons. The number of aromatic nitrogens is 3. The molecule has 0 amide bonds. The van der Waals surface area contributed by atoms with E-state index in [4.69, 9.17) is 23.2 Å². The summed E-state index contributed by atoms with van der Waals surface area (Å²) in [6.45, 7) is 4.66. The lowest BCUT2D eigenvalue weighted by Crippen LogP contribution is -2.03. The topological polar surface area (TPSA) is 30.7 Å². The predicted octanol–water partition coefficient (Wildman–Crippen LogP) is 4.40. The van der Waals surface area contributed by atoms with Crippen LogP contribution >= 0.6 is 23.2 Å². The summed E-state index contributed by atoms with van der Waals surface area (Å²) in [5.41, 5.74) is 5.16. The van der Waals surface area contributed by atoms with E-state index in [2.05, 4.69) is 30.2 Å². The van der Waals surface area contributed by atoms with Crippen LogP contribution in [0, 0.1) is 13.8 Å². The Kier molecular flexibility index (Phi) is 3.40. The third kappa shape index (κ3) is 2.28. The summed E-state index contributed by atoms with van der Waals surface area (Å²) >= 11 is 12.4. The van der Waals surface area contributed by atoms with Crippen LogP contribution in [0.3, 0.4) is 0 Å².